The van der Waals surface area contributed by atoms with Crippen molar-refractivity contribution in [1.82, 2.24) is 10.2 Å². The van der Waals surface area contributed by atoms with Crippen LogP contribution in [0.5, 0.6) is 5.75 Å². The van der Waals surface area contributed by atoms with Crippen molar-refractivity contribution < 1.29 is 4.74 Å². The molecule has 19 heavy (non-hydrogen) atoms. The summed E-state index contributed by atoms with van der Waals surface area (Å²) < 4.78 is 5.31. The van der Waals surface area contributed by atoms with Gasteiger partial charge in [0.1, 0.15) is 5.75 Å². The molecule has 0 aliphatic heterocycles. The molecular weight excluding hydrogens is 236 g/mol. The first kappa shape index (κ1) is 16.0. The van der Waals surface area contributed by atoms with Crippen molar-refractivity contribution in [1.29, 1.82) is 0 Å². The number of methoxy groups -OCH3 is 1. The Labute approximate surface area is 118 Å². The van der Waals surface area contributed by atoms with Gasteiger partial charge in [-0.15, -0.1) is 0 Å². The number of likely N-dealkylation sites (N-methyl/N-ethyl adjacent to an activating group) is 1. The second kappa shape index (κ2) is 8.18. The van der Waals surface area contributed by atoms with E-state index in [1.165, 1.54) is 18.4 Å². The van der Waals surface area contributed by atoms with Crippen molar-refractivity contribution in [3.63, 3.8) is 0 Å². The van der Waals surface area contributed by atoms with Crippen LogP contribution in [0.4, 0.5) is 0 Å². The quantitative estimate of drug-likeness (QED) is 0.781. The molecule has 2 unspecified atom stereocenters. The van der Waals surface area contributed by atoms with Crippen molar-refractivity contribution in [2.75, 3.05) is 27.7 Å². The molecule has 1 aromatic rings. The summed E-state index contributed by atoms with van der Waals surface area (Å²) in [7, 11) is 5.96. The fraction of sp³-hybridized carbons (Fsp3) is 0.625. The van der Waals surface area contributed by atoms with E-state index in [0.717, 1.165) is 12.3 Å². The topological polar surface area (TPSA) is 24.5 Å². The molecule has 2 atom stereocenters. The van der Waals surface area contributed by atoms with Gasteiger partial charge in [-0.3, -0.25) is 0 Å². The highest BCUT2D eigenvalue weighted by molar-refractivity contribution is 5.30. The van der Waals surface area contributed by atoms with Crippen LogP contribution >= 0.6 is 0 Å². The van der Waals surface area contributed by atoms with E-state index in [1.54, 1.807) is 7.11 Å². The predicted octanol–water partition coefficient (Wildman–Crippen LogP) is 3.08. The van der Waals surface area contributed by atoms with E-state index in [1.807, 2.05) is 6.07 Å². The summed E-state index contributed by atoms with van der Waals surface area (Å²) in [5.74, 6) is 0.922. The Morgan fingerprint density at radius 3 is 2.63 bits per heavy atom. The number of hydrogen-bond acceptors (Lipinski definition) is 3. The van der Waals surface area contributed by atoms with Gasteiger partial charge in [0.15, 0.2) is 0 Å². The van der Waals surface area contributed by atoms with Crippen LogP contribution in [0, 0.1) is 0 Å². The minimum atomic E-state index is 0.370. The van der Waals surface area contributed by atoms with E-state index in [0.29, 0.717) is 12.1 Å². The van der Waals surface area contributed by atoms with Crippen molar-refractivity contribution >= 4 is 0 Å². The number of ether oxygens (including phenoxy) is 1. The number of nitrogens with zero attached hydrogens (tertiary/aromatic N) is 1. The minimum absolute atomic E-state index is 0.370. The van der Waals surface area contributed by atoms with E-state index in [9.17, 15) is 0 Å². The molecule has 0 bridgehead atoms. The van der Waals surface area contributed by atoms with Crippen molar-refractivity contribution in [3.8, 4) is 5.75 Å². The molecule has 0 heterocycles. The van der Waals surface area contributed by atoms with Crippen LogP contribution in [-0.4, -0.2) is 38.7 Å². The van der Waals surface area contributed by atoms with E-state index in [4.69, 9.17) is 4.74 Å². The van der Waals surface area contributed by atoms with Gasteiger partial charge in [0.25, 0.3) is 0 Å². The lowest BCUT2D eigenvalue weighted by molar-refractivity contribution is 0.278. The van der Waals surface area contributed by atoms with Crippen molar-refractivity contribution in [2.45, 2.75) is 38.8 Å². The third-order valence-electron chi connectivity index (χ3n) is 3.48. The second-order valence-electron chi connectivity index (χ2n) is 5.35. The summed E-state index contributed by atoms with van der Waals surface area (Å²) >= 11 is 0. The third-order valence-corrected chi connectivity index (χ3v) is 3.48. The van der Waals surface area contributed by atoms with Gasteiger partial charge in [-0.05, 0) is 45.1 Å². The molecule has 1 N–H and O–H groups in total. The molecule has 3 heteroatoms. The minimum Gasteiger partial charge on any atom is -0.497 e. The third kappa shape index (κ3) is 5.21. The first-order valence-electron chi connectivity index (χ1n) is 7.12. The molecule has 0 aliphatic carbocycles. The van der Waals surface area contributed by atoms with Crippen LogP contribution in [-0.2, 0) is 0 Å². The number of rotatable bonds is 8. The van der Waals surface area contributed by atoms with Gasteiger partial charge >= 0.3 is 0 Å². The van der Waals surface area contributed by atoms with Gasteiger partial charge in [-0.25, -0.2) is 0 Å². The van der Waals surface area contributed by atoms with Crippen LogP contribution in [0.1, 0.15) is 38.3 Å². The Morgan fingerprint density at radius 2 is 2.05 bits per heavy atom. The first-order chi connectivity index (χ1) is 9.08. The fourth-order valence-corrected chi connectivity index (χ4v) is 2.30. The Balaban J connectivity index is 2.71. The largest absolute Gasteiger partial charge is 0.497 e. The van der Waals surface area contributed by atoms with Gasteiger partial charge in [0.2, 0.25) is 0 Å². The van der Waals surface area contributed by atoms with E-state index >= 15 is 0 Å². The molecule has 0 fully saturated rings. The van der Waals surface area contributed by atoms with Crippen LogP contribution in [0.3, 0.4) is 0 Å². The standard InChI is InChI=1S/C16H28N2O/c1-6-8-13(2)17-12-16(18(3)4)14-9-7-10-15(11-14)19-5/h7,9-11,13,16-17H,6,8,12H2,1-5H3. The summed E-state index contributed by atoms with van der Waals surface area (Å²) in [6, 6.07) is 9.27. The molecule has 0 radical (unpaired) electrons. The second-order valence-corrected chi connectivity index (χ2v) is 5.35. The maximum Gasteiger partial charge on any atom is 0.119 e. The van der Waals surface area contributed by atoms with Crippen LogP contribution in [0.2, 0.25) is 0 Å². The zero-order chi connectivity index (χ0) is 14.3. The van der Waals surface area contributed by atoms with E-state index in [-0.39, 0.29) is 0 Å². The monoisotopic (exact) mass is 264 g/mol. The zero-order valence-corrected chi connectivity index (χ0v) is 12.9. The van der Waals surface area contributed by atoms with E-state index < -0.39 is 0 Å². The maximum absolute atomic E-state index is 5.31. The molecule has 1 aromatic carbocycles. The lowest BCUT2D eigenvalue weighted by Gasteiger charge is -2.27. The average molecular weight is 264 g/mol. The molecular formula is C16H28N2O. The molecule has 0 aliphatic rings. The fourth-order valence-electron chi connectivity index (χ4n) is 2.30. The summed E-state index contributed by atoms with van der Waals surface area (Å²) in [6.07, 6.45) is 2.44. The number of benzene rings is 1. The van der Waals surface area contributed by atoms with Gasteiger partial charge in [-0.2, -0.15) is 0 Å². The normalized spacial score (nSPS) is 14.4. The molecule has 0 spiro atoms. The average Bonchev–Trinajstić information content (AvgIpc) is 2.39. The maximum atomic E-state index is 5.31. The molecule has 0 aromatic heterocycles. The van der Waals surface area contributed by atoms with Gasteiger partial charge in [-0.1, -0.05) is 25.5 Å². The Kier molecular flexibility index (Phi) is 6.89. The lowest BCUT2D eigenvalue weighted by atomic mass is 10.0. The van der Waals surface area contributed by atoms with Crippen LogP contribution < -0.4 is 10.1 Å². The van der Waals surface area contributed by atoms with Crippen LogP contribution in [0.25, 0.3) is 0 Å². The first-order valence-corrected chi connectivity index (χ1v) is 7.12. The number of nitrogens with one attached hydrogen (secondary N) is 1. The smallest absolute Gasteiger partial charge is 0.119 e. The lowest BCUT2D eigenvalue weighted by Crippen LogP contribution is -2.35. The summed E-state index contributed by atoms with van der Waals surface area (Å²) in [6.45, 7) is 5.44. The predicted molar refractivity (Wildman–Crippen MR) is 81.8 cm³/mol. The molecule has 3 nitrogen and oxygen atoms in total. The van der Waals surface area contributed by atoms with Gasteiger partial charge in [0.05, 0.1) is 7.11 Å². The molecule has 0 saturated heterocycles. The van der Waals surface area contributed by atoms with Gasteiger partial charge in [0, 0.05) is 18.6 Å². The van der Waals surface area contributed by atoms with Crippen LogP contribution in [0.15, 0.2) is 24.3 Å². The Hall–Kier alpha value is -1.06. The molecule has 0 amide bonds. The number of hydrogen-bond donors (Lipinski definition) is 1. The highest BCUT2D eigenvalue weighted by Gasteiger charge is 2.15. The Morgan fingerprint density at radius 1 is 1.32 bits per heavy atom. The van der Waals surface area contributed by atoms with E-state index in [2.05, 4.69) is 56.4 Å². The van der Waals surface area contributed by atoms with Crippen molar-refractivity contribution in [3.05, 3.63) is 29.8 Å². The summed E-state index contributed by atoms with van der Waals surface area (Å²) in [5.41, 5.74) is 1.29. The zero-order valence-electron chi connectivity index (χ0n) is 12.9. The van der Waals surface area contributed by atoms with Gasteiger partial charge < -0.3 is 15.0 Å². The molecule has 1 rings (SSSR count). The SMILES string of the molecule is CCCC(C)NCC(c1cccc(OC)c1)N(C)C. The molecule has 108 valence electrons. The molecule has 0 saturated carbocycles. The highest BCUT2D eigenvalue weighted by atomic mass is 16.5. The Bertz CT molecular complexity index is 366. The van der Waals surface area contributed by atoms with Crippen molar-refractivity contribution in [2.24, 2.45) is 0 Å². The highest BCUT2D eigenvalue weighted by Crippen LogP contribution is 2.22. The summed E-state index contributed by atoms with van der Waals surface area (Å²) in [5, 5.41) is 3.62. The summed E-state index contributed by atoms with van der Waals surface area (Å²) in [4.78, 5) is 2.25.